The quantitative estimate of drug-likeness (QED) is 0.448. The topological polar surface area (TPSA) is 54.4 Å². The standard InChI is InChI=1S/C26H33N5O/c1-21-5-8-24(27-15-21)18-30(13-14-32-4)11-12-31(19-25-9-6-22(2)16-28-25)20-26-10-7-23(3)17-29-26/h5-12,15-17H,13-14,18-20H2,1-4H3. The van der Waals surface area contributed by atoms with Crippen molar-refractivity contribution in [3.8, 4) is 0 Å². The molecule has 0 atom stereocenters. The third-order valence-corrected chi connectivity index (χ3v) is 5.08. The highest BCUT2D eigenvalue weighted by molar-refractivity contribution is 5.15. The van der Waals surface area contributed by atoms with Crippen LogP contribution >= 0.6 is 0 Å². The molecule has 3 aromatic heterocycles. The van der Waals surface area contributed by atoms with Crippen LogP contribution in [0.15, 0.2) is 67.4 Å². The number of nitrogens with zero attached hydrogens (tertiary/aromatic N) is 5. The Morgan fingerprint density at radius 1 is 0.656 bits per heavy atom. The summed E-state index contributed by atoms with van der Waals surface area (Å²) in [5.74, 6) is 0. The predicted molar refractivity (Wildman–Crippen MR) is 128 cm³/mol. The van der Waals surface area contributed by atoms with Gasteiger partial charge in [-0.05, 0) is 55.7 Å². The summed E-state index contributed by atoms with van der Waals surface area (Å²) in [6.07, 6.45) is 9.96. The zero-order chi connectivity index (χ0) is 22.8. The van der Waals surface area contributed by atoms with Gasteiger partial charge in [0.2, 0.25) is 0 Å². The first-order chi connectivity index (χ1) is 15.5. The second-order valence-electron chi connectivity index (χ2n) is 8.15. The van der Waals surface area contributed by atoms with Crippen LogP contribution in [0.25, 0.3) is 0 Å². The summed E-state index contributed by atoms with van der Waals surface area (Å²) in [6.45, 7) is 9.71. The molecule has 0 aliphatic rings. The molecular formula is C26H33N5O. The number of aryl methyl sites for hydroxylation is 3. The smallest absolute Gasteiger partial charge is 0.0637 e. The van der Waals surface area contributed by atoms with E-state index in [1.165, 1.54) is 0 Å². The van der Waals surface area contributed by atoms with Gasteiger partial charge in [0.25, 0.3) is 0 Å². The summed E-state index contributed by atoms with van der Waals surface area (Å²) in [5.41, 5.74) is 6.56. The first-order valence-electron chi connectivity index (χ1n) is 10.9. The third kappa shape index (κ3) is 7.78. The zero-order valence-electron chi connectivity index (χ0n) is 19.5. The van der Waals surface area contributed by atoms with Gasteiger partial charge >= 0.3 is 0 Å². The van der Waals surface area contributed by atoms with Crippen molar-refractivity contribution in [1.82, 2.24) is 24.8 Å². The SMILES string of the molecule is COCCN(C=CN(Cc1ccc(C)cn1)Cc1ccc(C)cn1)Cc1ccc(C)cn1. The molecule has 0 bridgehead atoms. The Bertz CT molecular complexity index is 921. The normalized spacial score (nSPS) is 11.1. The van der Waals surface area contributed by atoms with Gasteiger partial charge in [-0.25, -0.2) is 0 Å². The number of ether oxygens (including phenoxy) is 1. The largest absolute Gasteiger partial charge is 0.383 e. The zero-order valence-corrected chi connectivity index (χ0v) is 19.5. The molecule has 168 valence electrons. The van der Waals surface area contributed by atoms with Gasteiger partial charge in [-0.1, -0.05) is 18.2 Å². The van der Waals surface area contributed by atoms with Crippen LogP contribution in [0.3, 0.4) is 0 Å². The average Bonchev–Trinajstić information content (AvgIpc) is 2.80. The van der Waals surface area contributed by atoms with Gasteiger partial charge in [0, 0.05) is 44.6 Å². The molecule has 0 unspecified atom stereocenters. The van der Waals surface area contributed by atoms with E-state index >= 15 is 0 Å². The number of aromatic nitrogens is 3. The van der Waals surface area contributed by atoms with Gasteiger partial charge in [0.05, 0.1) is 43.3 Å². The summed E-state index contributed by atoms with van der Waals surface area (Å²) in [4.78, 5) is 18.2. The lowest BCUT2D eigenvalue weighted by Gasteiger charge is -2.24. The minimum absolute atomic E-state index is 0.648. The first kappa shape index (κ1) is 23.4. The summed E-state index contributed by atoms with van der Waals surface area (Å²) >= 11 is 0. The molecule has 0 saturated carbocycles. The van der Waals surface area contributed by atoms with E-state index in [9.17, 15) is 0 Å². The Morgan fingerprint density at radius 2 is 1.06 bits per heavy atom. The highest BCUT2D eigenvalue weighted by Gasteiger charge is 2.08. The van der Waals surface area contributed by atoms with E-state index in [-0.39, 0.29) is 0 Å². The van der Waals surface area contributed by atoms with Gasteiger partial charge in [-0.15, -0.1) is 0 Å². The summed E-state index contributed by atoms with van der Waals surface area (Å²) in [6, 6.07) is 12.5. The van der Waals surface area contributed by atoms with E-state index < -0.39 is 0 Å². The van der Waals surface area contributed by atoms with E-state index in [0.717, 1.165) is 46.9 Å². The molecule has 6 nitrogen and oxygen atoms in total. The van der Waals surface area contributed by atoms with Gasteiger partial charge < -0.3 is 14.5 Å². The third-order valence-electron chi connectivity index (χ3n) is 5.08. The molecule has 3 rings (SSSR count). The van der Waals surface area contributed by atoms with Crippen molar-refractivity contribution in [3.05, 3.63) is 101 Å². The van der Waals surface area contributed by atoms with Gasteiger partial charge in [0.15, 0.2) is 0 Å². The predicted octanol–water partition coefficient (Wildman–Crippen LogP) is 4.42. The lowest BCUT2D eigenvalue weighted by molar-refractivity contribution is 0.165. The fraction of sp³-hybridized carbons (Fsp3) is 0.346. The highest BCUT2D eigenvalue weighted by atomic mass is 16.5. The lowest BCUT2D eigenvalue weighted by atomic mass is 10.2. The van der Waals surface area contributed by atoms with Gasteiger partial charge in [-0.2, -0.15) is 0 Å². The van der Waals surface area contributed by atoms with E-state index in [0.29, 0.717) is 19.7 Å². The molecule has 0 fully saturated rings. The van der Waals surface area contributed by atoms with Gasteiger partial charge in [0.1, 0.15) is 0 Å². The summed E-state index contributed by atoms with van der Waals surface area (Å²) < 4.78 is 5.32. The first-order valence-corrected chi connectivity index (χ1v) is 10.9. The van der Waals surface area contributed by atoms with Crippen molar-refractivity contribution >= 4 is 0 Å². The van der Waals surface area contributed by atoms with Gasteiger partial charge in [-0.3, -0.25) is 15.0 Å². The molecule has 32 heavy (non-hydrogen) atoms. The number of rotatable bonds is 11. The van der Waals surface area contributed by atoms with Crippen molar-refractivity contribution in [2.75, 3.05) is 20.3 Å². The number of hydrogen-bond acceptors (Lipinski definition) is 6. The molecule has 0 spiro atoms. The van der Waals surface area contributed by atoms with Crippen molar-refractivity contribution in [2.24, 2.45) is 0 Å². The molecule has 0 aliphatic heterocycles. The Hall–Kier alpha value is -3.25. The monoisotopic (exact) mass is 431 g/mol. The average molecular weight is 432 g/mol. The number of methoxy groups -OCH3 is 1. The fourth-order valence-corrected chi connectivity index (χ4v) is 3.16. The van der Waals surface area contributed by atoms with Crippen molar-refractivity contribution < 1.29 is 4.74 Å². The molecule has 0 radical (unpaired) electrons. The molecule has 6 heteroatoms. The van der Waals surface area contributed by atoms with E-state index in [1.807, 2.05) is 18.6 Å². The lowest BCUT2D eigenvalue weighted by Crippen LogP contribution is -2.24. The second-order valence-corrected chi connectivity index (χ2v) is 8.15. The van der Waals surface area contributed by atoms with E-state index in [4.69, 9.17) is 4.74 Å². The van der Waals surface area contributed by atoms with Crippen molar-refractivity contribution in [1.29, 1.82) is 0 Å². The molecule has 0 saturated heterocycles. The number of pyridine rings is 3. The minimum Gasteiger partial charge on any atom is -0.383 e. The van der Waals surface area contributed by atoms with E-state index in [2.05, 4.69) is 94.3 Å². The minimum atomic E-state index is 0.648. The second kappa shape index (κ2) is 12.0. The van der Waals surface area contributed by atoms with Crippen molar-refractivity contribution in [2.45, 2.75) is 40.4 Å². The molecule has 0 aromatic carbocycles. The maximum absolute atomic E-state index is 5.32. The van der Waals surface area contributed by atoms with Crippen LogP contribution in [0.4, 0.5) is 0 Å². The Morgan fingerprint density at radius 3 is 1.44 bits per heavy atom. The van der Waals surface area contributed by atoms with Crippen molar-refractivity contribution in [3.63, 3.8) is 0 Å². The molecule has 0 N–H and O–H groups in total. The van der Waals surface area contributed by atoms with Crippen LogP contribution in [0.2, 0.25) is 0 Å². The van der Waals surface area contributed by atoms with Crippen LogP contribution in [0.1, 0.15) is 33.8 Å². The molecule has 0 aliphatic carbocycles. The van der Waals surface area contributed by atoms with Crippen LogP contribution < -0.4 is 0 Å². The Kier molecular flexibility index (Phi) is 8.75. The Balaban J connectivity index is 1.77. The van der Waals surface area contributed by atoms with Crippen LogP contribution in [-0.4, -0.2) is 45.0 Å². The maximum Gasteiger partial charge on any atom is 0.0637 e. The molecule has 0 amide bonds. The fourth-order valence-electron chi connectivity index (χ4n) is 3.16. The maximum atomic E-state index is 5.32. The van der Waals surface area contributed by atoms with Crippen LogP contribution in [-0.2, 0) is 24.4 Å². The molecular weight excluding hydrogens is 398 g/mol. The summed E-state index contributed by atoms with van der Waals surface area (Å²) in [5, 5.41) is 0. The van der Waals surface area contributed by atoms with E-state index in [1.54, 1.807) is 7.11 Å². The molecule has 3 aromatic rings. The summed E-state index contributed by atoms with van der Waals surface area (Å²) in [7, 11) is 1.73. The molecule has 3 heterocycles. The highest BCUT2D eigenvalue weighted by Crippen LogP contribution is 2.11. The number of hydrogen-bond donors (Lipinski definition) is 0. The van der Waals surface area contributed by atoms with Crippen LogP contribution in [0, 0.1) is 20.8 Å². The van der Waals surface area contributed by atoms with Crippen LogP contribution in [0.5, 0.6) is 0 Å². The Labute approximate surface area is 191 Å².